The minimum atomic E-state index is -0.468. The van der Waals surface area contributed by atoms with E-state index in [1.165, 1.54) is 6.07 Å². The number of hydrogen-bond donors (Lipinski definition) is 0. The summed E-state index contributed by atoms with van der Waals surface area (Å²) >= 11 is 0. The fourth-order valence-electron chi connectivity index (χ4n) is 3.86. The van der Waals surface area contributed by atoms with E-state index in [9.17, 15) is 14.4 Å². The maximum Gasteiger partial charge on any atom is 0.338 e. The van der Waals surface area contributed by atoms with Crippen molar-refractivity contribution < 1.29 is 23.9 Å². The number of rotatable bonds is 7. The molecule has 0 radical (unpaired) electrons. The first-order valence-corrected chi connectivity index (χ1v) is 10.9. The minimum Gasteiger partial charge on any atom is -0.462 e. The first kappa shape index (κ1) is 21.8. The smallest absolute Gasteiger partial charge is 0.338 e. The van der Waals surface area contributed by atoms with Gasteiger partial charge < -0.3 is 14.4 Å². The van der Waals surface area contributed by atoms with Gasteiger partial charge in [-0.1, -0.05) is 49.7 Å². The number of ether oxygens (including phenoxy) is 2. The highest BCUT2D eigenvalue weighted by atomic mass is 16.5. The van der Waals surface area contributed by atoms with Gasteiger partial charge in [-0.25, -0.2) is 9.69 Å². The largest absolute Gasteiger partial charge is 0.462 e. The number of hydrogen-bond acceptors (Lipinski definition) is 6. The molecule has 0 unspecified atom stereocenters. The van der Waals surface area contributed by atoms with Crippen molar-refractivity contribution in [3.05, 3.63) is 71.4 Å². The summed E-state index contributed by atoms with van der Waals surface area (Å²) in [6, 6.07) is 15.7. The zero-order valence-electron chi connectivity index (χ0n) is 18.1. The lowest BCUT2D eigenvalue weighted by atomic mass is 10.0. The normalized spacial score (nSPS) is 16.7. The summed E-state index contributed by atoms with van der Waals surface area (Å²) in [5, 5.41) is 0. The Balaban J connectivity index is 1.68. The summed E-state index contributed by atoms with van der Waals surface area (Å²) in [6.07, 6.45) is 1.70. The molecule has 2 aromatic rings. The van der Waals surface area contributed by atoms with Crippen molar-refractivity contribution in [1.82, 2.24) is 4.90 Å². The van der Waals surface area contributed by atoms with Crippen molar-refractivity contribution >= 4 is 29.0 Å². The van der Waals surface area contributed by atoms with E-state index >= 15 is 0 Å². The maximum atomic E-state index is 13.5. The van der Waals surface area contributed by atoms with Crippen molar-refractivity contribution in [3.8, 4) is 0 Å². The molecule has 0 aromatic heterocycles. The van der Waals surface area contributed by atoms with Gasteiger partial charge in [0.1, 0.15) is 5.70 Å². The number of imide groups is 1. The van der Waals surface area contributed by atoms with Crippen LogP contribution in [0.25, 0.3) is 5.57 Å². The summed E-state index contributed by atoms with van der Waals surface area (Å²) in [7, 11) is 0. The standard InChI is InChI=1S/C25H26N2O5/c1-2-3-14-32-25(30)19-10-7-11-20(17-19)27-23(28)21(18-8-5-4-6-9-18)22(24(27)29)26-12-15-31-16-13-26/h4-11,17H,2-3,12-16H2,1H3. The topological polar surface area (TPSA) is 76.2 Å². The van der Waals surface area contributed by atoms with Gasteiger partial charge in [-0.3, -0.25) is 9.59 Å². The predicted molar refractivity (Wildman–Crippen MR) is 120 cm³/mol. The molecule has 0 N–H and O–H groups in total. The van der Waals surface area contributed by atoms with E-state index in [4.69, 9.17) is 9.47 Å². The third kappa shape index (κ3) is 4.29. The van der Waals surface area contributed by atoms with Crippen LogP contribution in [0.2, 0.25) is 0 Å². The molecule has 32 heavy (non-hydrogen) atoms. The first-order chi connectivity index (χ1) is 15.6. The molecule has 2 aromatic carbocycles. The lowest BCUT2D eigenvalue weighted by Crippen LogP contribution is -2.40. The molecule has 2 aliphatic rings. The third-order valence-corrected chi connectivity index (χ3v) is 5.52. The second-order valence-electron chi connectivity index (χ2n) is 7.67. The Labute approximate surface area is 187 Å². The van der Waals surface area contributed by atoms with E-state index < -0.39 is 17.8 Å². The molecule has 4 rings (SSSR count). The number of amides is 2. The number of benzene rings is 2. The molecule has 0 saturated carbocycles. The summed E-state index contributed by atoms with van der Waals surface area (Å²) in [6.45, 7) is 4.40. The van der Waals surface area contributed by atoms with E-state index in [-0.39, 0.29) is 0 Å². The monoisotopic (exact) mass is 434 g/mol. The predicted octanol–water partition coefficient (Wildman–Crippen LogP) is 3.26. The number of morpholine rings is 1. The fraction of sp³-hybridized carbons (Fsp3) is 0.320. The second-order valence-corrected chi connectivity index (χ2v) is 7.67. The number of anilines is 1. The van der Waals surface area contributed by atoms with Gasteiger partial charge in [0.05, 0.1) is 36.6 Å². The van der Waals surface area contributed by atoms with Gasteiger partial charge in [-0.15, -0.1) is 0 Å². The van der Waals surface area contributed by atoms with E-state index in [2.05, 4.69) is 0 Å². The van der Waals surface area contributed by atoms with Crippen LogP contribution in [-0.2, 0) is 19.1 Å². The highest BCUT2D eigenvalue weighted by molar-refractivity contribution is 6.45. The molecule has 7 heteroatoms. The zero-order valence-corrected chi connectivity index (χ0v) is 18.1. The van der Waals surface area contributed by atoms with Crippen molar-refractivity contribution in [1.29, 1.82) is 0 Å². The van der Waals surface area contributed by atoms with Crippen LogP contribution >= 0.6 is 0 Å². The van der Waals surface area contributed by atoms with Crippen molar-refractivity contribution in [2.75, 3.05) is 37.8 Å². The van der Waals surface area contributed by atoms with Gasteiger partial charge in [-0.05, 0) is 30.2 Å². The summed E-state index contributed by atoms with van der Waals surface area (Å²) in [5.41, 5.74) is 2.08. The Morgan fingerprint density at radius 1 is 1.00 bits per heavy atom. The van der Waals surface area contributed by atoms with E-state index in [0.717, 1.165) is 17.7 Å². The second kappa shape index (κ2) is 9.78. The molecular formula is C25H26N2O5. The Hall–Kier alpha value is -3.45. The highest BCUT2D eigenvalue weighted by Gasteiger charge is 2.42. The van der Waals surface area contributed by atoms with Gasteiger partial charge in [0.25, 0.3) is 11.8 Å². The van der Waals surface area contributed by atoms with Gasteiger partial charge in [-0.2, -0.15) is 0 Å². The quantitative estimate of drug-likeness (QED) is 0.378. The van der Waals surface area contributed by atoms with E-state index in [1.807, 2.05) is 42.2 Å². The third-order valence-electron chi connectivity index (χ3n) is 5.52. The number of esters is 1. The van der Waals surface area contributed by atoms with E-state index in [0.29, 0.717) is 61.0 Å². The Bertz CT molecular complexity index is 1040. The highest BCUT2D eigenvalue weighted by Crippen LogP contribution is 2.35. The molecule has 166 valence electrons. The van der Waals surface area contributed by atoms with Crippen LogP contribution in [0, 0.1) is 0 Å². The van der Waals surface area contributed by atoms with Crippen LogP contribution in [0.3, 0.4) is 0 Å². The van der Waals surface area contributed by atoms with Crippen LogP contribution in [-0.4, -0.2) is 55.6 Å². The van der Waals surface area contributed by atoms with Crippen molar-refractivity contribution in [2.24, 2.45) is 0 Å². The molecule has 2 amide bonds. The van der Waals surface area contributed by atoms with Crippen LogP contribution in [0.4, 0.5) is 5.69 Å². The van der Waals surface area contributed by atoms with E-state index in [1.54, 1.807) is 18.2 Å². The molecule has 1 saturated heterocycles. The number of unbranched alkanes of at least 4 members (excludes halogenated alkanes) is 1. The van der Waals surface area contributed by atoms with Crippen molar-refractivity contribution in [2.45, 2.75) is 19.8 Å². The lowest BCUT2D eigenvalue weighted by molar-refractivity contribution is -0.121. The average molecular weight is 434 g/mol. The average Bonchev–Trinajstić information content (AvgIpc) is 3.10. The molecule has 0 aliphatic carbocycles. The molecule has 1 fully saturated rings. The molecular weight excluding hydrogens is 408 g/mol. The van der Waals surface area contributed by atoms with Crippen molar-refractivity contribution in [3.63, 3.8) is 0 Å². The molecule has 0 bridgehead atoms. The summed E-state index contributed by atoms with van der Waals surface area (Å²) in [5.74, 6) is -1.27. The fourth-order valence-corrected chi connectivity index (χ4v) is 3.86. The number of carbonyl (C=O) groups is 3. The lowest BCUT2D eigenvalue weighted by Gasteiger charge is -2.29. The van der Waals surface area contributed by atoms with Gasteiger partial charge in [0, 0.05) is 13.1 Å². The van der Waals surface area contributed by atoms with Crippen LogP contribution in [0.1, 0.15) is 35.7 Å². The SMILES string of the molecule is CCCCOC(=O)c1cccc(N2C(=O)C(c3ccccc3)=C(N3CCOCC3)C2=O)c1. The maximum absolute atomic E-state index is 13.5. The van der Waals surface area contributed by atoms with Crippen LogP contribution < -0.4 is 4.90 Å². The summed E-state index contributed by atoms with van der Waals surface area (Å²) < 4.78 is 10.7. The molecule has 2 aliphatic heterocycles. The van der Waals surface area contributed by atoms with Crippen LogP contribution in [0.15, 0.2) is 60.3 Å². The van der Waals surface area contributed by atoms with Gasteiger partial charge in [0.2, 0.25) is 0 Å². The van der Waals surface area contributed by atoms with Gasteiger partial charge in [0.15, 0.2) is 0 Å². The zero-order chi connectivity index (χ0) is 22.5. The minimum absolute atomic E-state index is 0.306. The summed E-state index contributed by atoms with van der Waals surface area (Å²) in [4.78, 5) is 42.5. The Morgan fingerprint density at radius 3 is 2.47 bits per heavy atom. The number of nitrogens with zero attached hydrogens (tertiary/aromatic N) is 2. The van der Waals surface area contributed by atoms with Gasteiger partial charge >= 0.3 is 5.97 Å². The number of carbonyl (C=O) groups excluding carboxylic acids is 3. The molecule has 0 atom stereocenters. The van der Waals surface area contributed by atoms with Crippen LogP contribution in [0.5, 0.6) is 0 Å². The Morgan fingerprint density at radius 2 is 1.75 bits per heavy atom. The molecule has 2 heterocycles. The Kier molecular flexibility index (Phi) is 6.66. The first-order valence-electron chi connectivity index (χ1n) is 10.9. The molecule has 0 spiro atoms. The molecule has 7 nitrogen and oxygen atoms in total.